The topological polar surface area (TPSA) is 75.3 Å². The first-order valence-electron chi connectivity index (χ1n) is 6.00. The fraction of sp³-hybridized carbons (Fsp3) is 0.417. The summed E-state index contributed by atoms with van der Waals surface area (Å²) in [6.07, 6.45) is 0.457. The van der Waals surface area contributed by atoms with Crippen LogP contribution in [0.15, 0.2) is 29.2 Å². The van der Waals surface area contributed by atoms with Crippen molar-refractivity contribution in [2.45, 2.75) is 23.6 Å². The lowest BCUT2D eigenvalue weighted by molar-refractivity contribution is -0.120. The van der Waals surface area contributed by atoms with Gasteiger partial charge in [0.2, 0.25) is 15.9 Å². The second kappa shape index (κ2) is 7.83. The van der Waals surface area contributed by atoms with Crippen LogP contribution in [0.1, 0.15) is 13.3 Å². The predicted octanol–water partition coefficient (Wildman–Crippen LogP) is 1.75. The van der Waals surface area contributed by atoms with Crippen LogP contribution in [0.4, 0.5) is 0 Å². The summed E-state index contributed by atoms with van der Waals surface area (Å²) in [5.74, 6) is -0.277. The van der Waals surface area contributed by atoms with Gasteiger partial charge in [0.25, 0.3) is 0 Å². The van der Waals surface area contributed by atoms with Gasteiger partial charge in [-0.1, -0.05) is 23.7 Å². The summed E-state index contributed by atoms with van der Waals surface area (Å²) >= 11 is 11.4. The largest absolute Gasteiger partial charge is 0.355 e. The SMILES string of the molecule is CC(Cl)C(=O)NCCCNS(=O)(=O)c1ccccc1Cl. The highest BCUT2D eigenvalue weighted by Gasteiger charge is 2.16. The Morgan fingerprint density at radius 1 is 1.30 bits per heavy atom. The first kappa shape index (κ1) is 17.2. The average molecular weight is 339 g/mol. The van der Waals surface area contributed by atoms with E-state index >= 15 is 0 Å². The molecular weight excluding hydrogens is 323 g/mol. The zero-order valence-electron chi connectivity index (χ0n) is 10.9. The molecule has 0 aliphatic rings. The van der Waals surface area contributed by atoms with E-state index in [4.69, 9.17) is 23.2 Å². The molecule has 1 unspecified atom stereocenters. The standard InChI is InChI=1S/C12H16Cl2N2O3S/c1-9(13)12(17)15-7-4-8-16-20(18,19)11-6-3-2-5-10(11)14/h2-3,5-6,9,16H,4,7-8H2,1H3,(H,15,17). The van der Waals surface area contributed by atoms with Crippen LogP contribution in [0.2, 0.25) is 5.02 Å². The fourth-order valence-corrected chi connectivity index (χ4v) is 3.06. The van der Waals surface area contributed by atoms with E-state index in [0.717, 1.165) is 0 Å². The summed E-state index contributed by atoms with van der Waals surface area (Å²) in [6, 6.07) is 6.20. The van der Waals surface area contributed by atoms with Crippen molar-refractivity contribution < 1.29 is 13.2 Å². The van der Waals surface area contributed by atoms with Gasteiger partial charge in [0.15, 0.2) is 0 Å². The maximum absolute atomic E-state index is 12.0. The number of halogens is 2. The molecule has 0 aromatic heterocycles. The molecule has 0 radical (unpaired) electrons. The number of alkyl halides is 1. The van der Waals surface area contributed by atoms with E-state index in [-0.39, 0.29) is 22.4 Å². The second-order valence-corrected chi connectivity index (χ2v) is 6.89. The summed E-state index contributed by atoms with van der Waals surface area (Å²) < 4.78 is 26.3. The first-order chi connectivity index (χ1) is 9.34. The van der Waals surface area contributed by atoms with Crippen molar-refractivity contribution in [1.82, 2.24) is 10.0 Å². The molecule has 0 fully saturated rings. The molecule has 0 heterocycles. The lowest BCUT2D eigenvalue weighted by Crippen LogP contribution is -2.33. The Bertz CT molecular complexity index is 562. The van der Waals surface area contributed by atoms with E-state index in [0.29, 0.717) is 13.0 Å². The van der Waals surface area contributed by atoms with E-state index in [9.17, 15) is 13.2 Å². The number of hydrogen-bond donors (Lipinski definition) is 2. The lowest BCUT2D eigenvalue weighted by atomic mass is 10.4. The molecule has 1 atom stereocenters. The highest BCUT2D eigenvalue weighted by molar-refractivity contribution is 7.89. The number of hydrogen-bond acceptors (Lipinski definition) is 3. The zero-order chi connectivity index (χ0) is 15.2. The van der Waals surface area contributed by atoms with Crippen LogP contribution in [0.3, 0.4) is 0 Å². The Morgan fingerprint density at radius 3 is 2.55 bits per heavy atom. The molecule has 0 saturated heterocycles. The highest BCUT2D eigenvalue weighted by Crippen LogP contribution is 2.19. The van der Waals surface area contributed by atoms with Gasteiger partial charge in [0, 0.05) is 13.1 Å². The van der Waals surface area contributed by atoms with Crippen LogP contribution in [0.25, 0.3) is 0 Å². The molecule has 1 amide bonds. The van der Waals surface area contributed by atoms with E-state index in [1.165, 1.54) is 12.1 Å². The van der Waals surface area contributed by atoms with Gasteiger partial charge in [0.05, 0.1) is 5.02 Å². The van der Waals surface area contributed by atoms with Crippen molar-refractivity contribution in [2.24, 2.45) is 0 Å². The van der Waals surface area contributed by atoms with Crippen LogP contribution in [0.5, 0.6) is 0 Å². The number of sulfonamides is 1. The molecule has 112 valence electrons. The molecular formula is C12H16Cl2N2O3S. The fourth-order valence-electron chi connectivity index (χ4n) is 1.39. The van der Waals surface area contributed by atoms with E-state index < -0.39 is 15.4 Å². The number of carbonyl (C=O) groups is 1. The van der Waals surface area contributed by atoms with Gasteiger partial charge in [-0.05, 0) is 25.5 Å². The Hall–Kier alpha value is -0.820. The first-order valence-corrected chi connectivity index (χ1v) is 8.30. The summed E-state index contributed by atoms with van der Waals surface area (Å²) in [4.78, 5) is 11.2. The van der Waals surface area contributed by atoms with Crippen LogP contribution >= 0.6 is 23.2 Å². The Labute approximate surface area is 128 Å². The normalized spacial score (nSPS) is 12.9. The number of nitrogens with one attached hydrogen (secondary N) is 2. The summed E-state index contributed by atoms with van der Waals surface area (Å²) in [7, 11) is -3.63. The van der Waals surface area contributed by atoms with Crippen molar-refractivity contribution in [3.05, 3.63) is 29.3 Å². The highest BCUT2D eigenvalue weighted by atomic mass is 35.5. The summed E-state index contributed by atoms with van der Waals surface area (Å²) in [5.41, 5.74) is 0. The van der Waals surface area contributed by atoms with Crippen molar-refractivity contribution >= 4 is 39.1 Å². The molecule has 0 aliphatic carbocycles. The van der Waals surface area contributed by atoms with Gasteiger partial charge in [0.1, 0.15) is 10.3 Å². The minimum Gasteiger partial charge on any atom is -0.355 e. The lowest BCUT2D eigenvalue weighted by Gasteiger charge is -2.09. The number of carbonyl (C=O) groups excluding carboxylic acids is 1. The molecule has 1 aromatic rings. The van der Waals surface area contributed by atoms with Gasteiger partial charge in [-0.2, -0.15) is 0 Å². The van der Waals surface area contributed by atoms with E-state index in [1.54, 1.807) is 19.1 Å². The quantitative estimate of drug-likeness (QED) is 0.587. The van der Waals surface area contributed by atoms with Gasteiger partial charge in [-0.15, -0.1) is 11.6 Å². The molecule has 0 bridgehead atoms. The van der Waals surface area contributed by atoms with Crippen molar-refractivity contribution in [1.29, 1.82) is 0 Å². The summed E-state index contributed by atoms with van der Waals surface area (Å²) in [5, 5.41) is 2.16. The van der Waals surface area contributed by atoms with Gasteiger partial charge >= 0.3 is 0 Å². The minimum absolute atomic E-state index is 0.0417. The zero-order valence-corrected chi connectivity index (χ0v) is 13.2. The molecule has 2 N–H and O–H groups in total. The van der Waals surface area contributed by atoms with E-state index in [1.807, 2.05) is 0 Å². The smallest absolute Gasteiger partial charge is 0.242 e. The Kier molecular flexibility index (Phi) is 6.75. The maximum Gasteiger partial charge on any atom is 0.242 e. The number of rotatable bonds is 7. The van der Waals surface area contributed by atoms with Crippen molar-refractivity contribution in [2.75, 3.05) is 13.1 Å². The number of benzene rings is 1. The van der Waals surface area contributed by atoms with Crippen LogP contribution in [-0.4, -0.2) is 32.8 Å². The number of amides is 1. The van der Waals surface area contributed by atoms with Crippen LogP contribution < -0.4 is 10.0 Å². The third kappa shape index (κ3) is 5.28. The van der Waals surface area contributed by atoms with Crippen LogP contribution in [-0.2, 0) is 14.8 Å². The Balaban J connectivity index is 2.42. The van der Waals surface area contributed by atoms with Gasteiger partial charge in [-0.3, -0.25) is 4.79 Å². The molecule has 20 heavy (non-hydrogen) atoms. The summed E-state index contributed by atoms with van der Waals surface area (Å²) in [6.45, 7) is 2.11. The minimum atomic E-state index is -3.63. The molecule has 5 nitrogen and oxygen atoms in total. The average Bonchev–Trinajstić information content (AvgIpc) is 2.38. The van der Waals surface area contributed by atoms with E-state index in [2.05, 4.69) is 10.0 Å². The maximum atomic E-state index is 12.0. The molecule has 8 heteroatoms. The van der Waals surface area contributed by atoms with Gasteiger partial charge < -0.3 is 5.32 Å². The van der Waals surface area contributed by atoms with Gasteiger partial charge in [-0.25, -0.2) is 13.1 Å². The molecule has 0 saturated carbocycles. The second-order valence-electron chi connectivity index (χ2n) is 4.09. The third-order valence-corrected chi connectivity index (χ3v) is 4.59. The molecule has 0 spiro atoms. The third-order valence-electron chi connectivity index (χ3n) is 2.43. The molecule has 0 aliphatic heterocycles. The predicted molar refractivity (Wildman–Crippen MR) is 79.6 cm³/mol. The Morgan fingerprint density at radius 2 is 1.95 bits per heavy atom. The molecule has 1 aromatic carbocycles. The van der Waals surface area contributed by atoms with Crippen LogP contribution in [0, 0.1) is 0 Å². The monoisotopic (exact) mass is 338 g/mol. The van der Waals surface area contributed by atoms with Crippen molar-refractivity contribution in [3.63, 3.8) is 0 Å². The van der Waals surface area contributed by atoms with Crippen molar-refractivity contribution in [3.8, 4) is 0 Å². The molecule has 1 rings (SSSR count).